The van der Waals surface area contributed by atoms with Gasteiger partial charge in [0.25, 0.3) is 15.9 Å². The summed E-state index contributed by atoms with van der Waals surface area (Å²) in [5, 5.41) is 7.47. The zero-order valence-electron chi connectivity index (χ0n) is 17.3. The Kier molecular flexibility index (Phi) is 5.04. The van der Waals surface area contributed by atoms with E-state index in [1.54, 1.807) is 34.0 Å². The van der Waals surface area contributed by atoms with Gasteiger partial charge in [-0.05, 0) is 36.4 Å². The molecule has 1 aromatic heterocycles. The zero-order chi connectivity index (χ0) is 22.4. The third-order valence-corrected chi connectivity index (χ3v) is 6.04. The molecule has 0 fully saturated rings. The number of sulfonamides is 1. The highest BCUT2D eigenvalue weighted by Crippen LogP contribution is 2.27. The first kappa shape index (κ1) is 21.0. The number of carbonyl (C=O) groups is 1. The first-order valence-corrected chi connectivity index (χ1v) is 11.3. The minimum atomic E-state index is -3.46. The second-order valence-electron chi connectivity index (χ2n) is 8.35. The Morgan fingerprint density at radius 3 is 2.55 bits per heavy atom. The zero-order valence-corrected chi connectivity index (χ0v) is 18.1. The molecule has 0 saturated heterocycles. The van der Waals surface area contributed by atoms with Crippen molar-refractivity contribution in [3.05, 3.63) is 65.8 Å². The molecule has 1 N–H and O–H groups in total. The van der Waals surface area contributed by atoms with Crippen molar-refractivity contribution in [2.75, 3.05) is 17.6 Å². The van der Waals surface area contributed by atoms with Crippen molar-refractivity contribution in [3.63, 3.8) is 0 Å². The van der Waals surface area contributed by atoms with Crippen LogP contribution in [-0.2, 0) is 20.2 Å². The minimum absolute atomic E-state index is 0.109. The average molecular weight is 444 g/mol. The molecule has 2 aliphatic rings. The topological polar surface area (TPSA) is 96.7 Å². The van der Waals surface area contributed by atoms with Gasteiger partial charge in [0.05, 0.1) is 22.7 Å². The number of aromatic nitrogens is 2. The molecule has 0 saturated carbocycles. The van der Waals surface area contributed by atoms with Crippen LogP contribution in [0.4, 0.5) is 10.2 Å². The number of hydrogen-bond donors (Lipinski definition) is 1. The monoisotopic (exact) mass is 443 g/mol. The molecule has 10 heteroatoms. The second kappa shape index (κ2) is 7.45. The van der Waals surface area contributed by atoms with Crippen molar-refractivity contribution in [2.45, 2.75) is 26.2 Å². The fourth-order valence-electron chi connectivity index (χ4n) is 3.14. The molecule has 2 aliphatic heterocycles. The van der Waals surface area contributed by atoms with E-state index in [-0.39, 0.29) is 35.3 Å². The highest BCUT2D eigenvalue weighted by atomic mass is 32.2. The maximum atomic E-state index is 13.4. The molecule has 3 heterocycles. The Bertz CT molecular complexity index is 1230. The summed E-state index contributed by atoms with van der Waals surface area (Å²) >= 11 is 0. The van der Waals surface area contributed by atoms with Crippen LogP contribution in [0.15, 0.2) is 58.7 Å². The summed E-state index contributed by atoms with van der Waals surface area (Å²) < 4.78 is 42.0. The lowest BCUT2D eigenvalue weighted by atomic mass is 9.92. The van der Waals surface area contributed by atoms with E-state index in [0.717, 1.165) is 5.69 Å². The normalized spacial score (nSPS) is 17.6. The number of amides is 1. The molecule has 1 aromatic carbocycles. The van der Waals surface area contributed by atoms with Crippen LogP contribution in [0.2, 0.25) is 0 Å². The number of fused-ring (bicyclic) bond motifs is 1. The minimum Gasteiger partial charge on any atom is -0.330 e. The maximum Gasteiger partial charge on any atom is 0.258 e. The van der Waals surface area contributed by atoms with Crippen LogP contribution >= 0.6 is 0 Å². The number of anilines is 1. The SMILES string of the molecule is CC(C)(C)c1cc(NC(=O)C2=CN3CCS(=O)(=O)N=C3C=C2)n(-c2ccc(F)cc2)n1. The molecule has 0 bridgehead atoms. The van der Waals surface area contributed by atoms with E-state index in [1.165, 1.54) is 24.3 Å². The predicted octanol–water partition coefficient (Wildman–Crippen LogP) is 2.75. The molecular weight excluding hydrogens is 421 g/mol. The first-order chi connectivity index (χ1) is 14.5. The van der Waals surface area contributed by atoms with E-state index < -0.39 is 10.0 Å². The first-order valence-electron chi connectivity index (χ1n) is 9.69. The number of hydrogen-bond acceptors (Lipinski definition) is 5. The van der Waals surface area contributed by atoms with Crippen LogP contribution in [0.5, 0.6) is 0 Å². The van der Waals surface area contributed by atoms with Crippen LogP contribution in [0.1, 0.15) is 26.5 Å². The van der Waals surface area contributed by atoms with Gasteiger partial charge in [0.1, 0.15) is 17.5 Å². The molecule has 0 radical (unpaired) electrons. The summed E-state index contributed by atoms with van der Waals surface area (Å²) in [6.45, 7) is 6.25. The highest BCUT2D eigenvalue weighted by molar-refractivity contribution is 7.90. The van der Waals surface area contributed by atoms with Crippen LogP contribution in [0.25, 0.3) is 5.69 Å². The molecule has 0 atom stereocenters. The molecule has 1 amide bonds. The fraction of sp³-hybridized carbons (Fsp3) is 0.286. The summed E-state index contributed by atoms with van der Waals surface area (Å²) in [6.07, 6.45) is 4.60. The summed E-state index contributed by atoms with van der Waals surface area (Å²) in [6, 6.07) is 7.62. The van der Waals surface area contributed by atoms with Crippen molar-refractivity contribution in [3.8, 4) is 5.69 Å². The number of benzene rings is 1. The Balaban J connectivity index is 1.64. The molecule has 2 aromatic rings. The number of halogens is 1. The Morgan fingerprint density at radius 2 is 1.87 bits per heavy atom. The van der Waals surface area contributed by atoms with Crippen LogP contribution in [0, 0.1) is 5.82 Å². The van der Waals surface area contributed by atoms with Gasteiger partial charge in [-0.1, -0.05) is 20.8 Å². The average Bonchev–Trinajstić information content (AvgIpc) is 3.11. The van der Waals surface area contributed by atoms with E-state index in [4.69, 9.17) is 0 Å². The van der Waals surface area contributed by atoms with Gasteiger partial charge in [0.15, 0.2) is 0 Å². The Hall–Kier alpha value is -3.27. The lowest BCUT2D eigenvalue weighted by molar-refractivity contribution is -0.112. The maximum absolute atomic E-state index is 13.4. The van der Waals surface area contributed by atoms with Crippen molar-refractivity contribution in [1.82, 2.24) is 14.7 Å². The fourth-order valence-corrected chi connectivity index (χ4v) is 4.11. The molecule has 0 aliphatic carbocycles. The van der Waals surface area contributed by atoms with Gasteiger partial charge in [-0.25, -0.2) is 17.5 Å². The summed E-state index contributed by atoms with van der Waals surface area (Å²) in [4.78, 5) is 14.6. The molecule has 162 valence electrons. The predicted molar refractivity (Wildman–Crippen MR) is 116 cm³/mol. The van der Waals surface area contributed by atoms with Gasteiger partial charge in [0, 0.05) is 24.2 Å². The van der Waals surface area contributed by atoms with Gasteiger partial charge in [0.2, 0.25) is 0 Å². The van der Waals surface area contributed by atoms with Crippen molar-refractivity contribution >= 4 is 27.6 Å². The lowest BCUT2D eigenvalue weighted by Gasteiger charge is -2.26. The van der Waals surface area contributed by atoms with Crippen LogP contribution in [-0.4, -0.2) is 47.1 Å². The summed E-state index contributed by atoms with van der Waals surface area (Å²) in [5.74, 6) is -0.128. The van der Waals surface area contributed by atoms with Gasteiger partial charge in [-0.3, -0.25) is 4.79 Å². The van der Waals surface area contributed by atoms with Gasteiger partial charge < -0.3 is 10.2 Å². The standard InChI is InChI=1S/C21H22FN5O3S/c1-21(2,3)17-12-19(27(24-17)16-7-5-15(22)6-8-16)23-20(28)14-4-9-18-25-31(29,30)11-10-26(18)13-14/h4-9,12-13H,10-11H2,1-3H3,(H,23,28). The van der Waals surface area contributed by atoms with Gasteiger partial charge >= 0.3 is 0 Å². The number of nitrogens with zero attached hydrogens (tertiary/aromatic N) is 4. The van der Waals surface area contributed by atoms with E-state index in [1.807, 2.05) is 20.8 Å². The van der Waals surface area contributed by atoms with E-state index in [0.29, 0.717) is 17.1 Å². The molecular formula is C21H22FN5O3S. The lowest BCUT2D eigenvalue weighted by Crippen LogP contribution is -2.37. The second-order valence-corrected chi connectivity index (χ2v) is 10.1. The summed E-state index contributed by atoms with van der Waals surface area (Å²) in [5.41, 5.74) is 1.45. The number of carbonyl (C=O) groups excluding carboxylic acids is 1. The van der Waals surface area contributed by atoms with E-state index in [2.05, 4.69) is 14.8 Å². The quantitative estimate of drug-likeness (QED) is 0.787. The van der Waals surface area contributed by atoms with Crippen molar-refractivity contribution < 1.29 is 17.6 Å². The van der Waals surface area contributed by atoms with E-state index in [9.17, 15) is 17.6 Å². The van der Waals surface area contributed by atoms with Crippen LogP contribution < -0.4 is 5.32 Å². The number of amidine groups is 1. The molecule has 8 nitrogen and oxygen atoms in total. The van der Waals surface area contributed by atoms with Gasteiger partial charge in [-0.2, -0.15) is 5.10 Å². The van der Waals surface area contributed by atoms with Crippen molar-refractivity contribution in [2.24, 2.45) is 4.40 Å². The largest absolute Gasteiger partial charge is 0.330 e. The van der Waals surface area contributed by atoms with Crippen molar-refractivity contribution in [1.29, 1.82) is 0 Å². The third-order valence-electron chi connectivity index (χ3n) is 4.88. The van der Waals surface area contributed by atoms with E-state index >= 15 is 0 Å². The van der Waals surface area contributed by atoms with Gasteiger partial charge in [-0.15, -0.1) is 4.40 Å². The summed E-state index contributed by atoms with van der Waals surface area (Å²) in [7, 11) is -3.46. The smallest absolute Gasteiger partial charge is 0.258 e. The third kappa shape index (κ3) is 4.43. The highest BCUT2D eigenvalue weighted by Gasteiger charge is 2.26. The molecule has 31 heavy (non-hydrogen) atoms. The molecule has 0 spiro atoms. The number of rotatable bonds is 3. The number of nitrogens with one attached hydrogen (secondary N) is 1. The Morgan fingerprint density at radius 1 is 1.16 bits per heavy atom. The Labute approximate surface area is 179 Å². The molecule has 4 rings (SSSR count). The van der Waals surface area contributed by atoms with Crippen LogP contribution in [0.3, 0.4) is 0 Å². The molecule has 0 unspecified atom stereocenters.